The molecule has 2 aromatic heterocycles. The quantitative estimate of drug-likeness (QED) is 0.461. The van der Waals surface area contributed by atoms with Crippen molar-refractivity contribution in [2.45, 2.75) is 36.6 Å². The Balaban J connectivity index is 1.66. The van der Waals surface area contributed by atoms with E-state index in [0.717, 1.165) is 0 Å². The van der Waals surface area contributed by atoms with Crippen molar-refractivity contribution in [2.24, 2.45) is 5.92 Å². The Hall–Kier alpha value is -1.89. The molecule has 2 aliphatic heterocycles. The Morgan fingerprint density at radius 1 is 1.25 bits per heavy atom. The van der Waals surface area contributed by atoms with Crippen LogP contribution in [0.4, 0.5) is 5.82 Å². The first-order valence-corrected chi connectivity index (χ1v) is 9.14. The van der Waals surface area contributed by atoms with Gasteiger partial charge < -0.3 is 34.8 Å². The molecule has 0 spiro atoms. The minimum atomic E-state index is -1.53. The minimum Gasteiger partial charge on any atom is -0.394 e. The van der Waals surface area contributed by atoms with E-state index in [1.807, 2.05) is 19.0 Å². The minimum absolute atomic E-state index is 0.0626. The molecule has 2 fully saturated rings. The van der Waals surface area contributed by atoms with Gasteiger partial charge in [-0.1, -0.05) is 0 Å². The summed E-state index contributed by atoms with van der Waals surface area (Å²) in [5.41, 5.74) is -0.394. The van der Waals surface area contributed by atoms with Crippen LogP contribution in [-0.2, 0) is 9.47 Å². The van der Waals surface area contributed by atoms with Gasteiger partial charge in [0.15, 0.2) is 17.0 Å². The van der Waals surface area contributed by atoms with E-state index in [1.54, 1.807) is 10.9 Å². The molecule has 28 heavy (non-hydrogen) atoms. The third-order valence-corrected chi connectivity index (χ3v) is 5.72. The molecular weight excluding hydrogens is 370 g/mol. The molecule has 0 amide bonds. The highest BCUT2D eigenvalue weighted by atomic mass is 16.6. The fourth-order valence-electron chi connectivity index (χ4n) is 4.18. The lowest BCUT2D eigenvalue weighted by Crippen LogP contribution is -2.52. The van der Waals surface area contributed by atoms with Crippen LogP contribution in [-0.4, -0.2) is 97.8 Å². The normalized spacial score (nSPS) is 35.7. The summed E-state index contributed by atoms with van der Waals surface area (Å²) in [6.07, 6.45) is -0.293. The van der Waals surface area contributed by atoms with Crippen molar-refractivity contribution in [3.05, 3.63) is 12.7 Å². The lowest BCUT2D eigenvalue weighted by Gasteiger charge is -2.34. The monoisotopic (exact) mass is 395 g/mol. The van der Waals surface area contributed by atoms with Crippen molar-refractivity contribution in [3.63, 3.8) is 0 Å². The number of imidazole rings is 1. The van der Waals surface area contributed by atoms with Gasteiger partial charge in [0, 0.05) is 26.4 Å². The summed E-state index contributed by atoms with van der Waals surface area (Å²) in [6, 6.07) is 0. The first-order chi connectivity index (χ1) is 13.4. The van der Waals surface area contributed by atoms with E-state index < -0.39 is 42.7 Å². The SMILES string of the molecule is CN(C)c1ncnc2c1ncn2C1C[C@@](O)(C2CO[C@H](CO)[C@H]2O)[C@@H](CO)O1. The number of fused-ring (bicyclic) bond motifs is 1. The zero-order valence-electron chi connectivity index (χ0n) is 15.7. The Kier molecular flexibility index (Phi) is 4.98. The van der Waals surface area contributed by atoms with E-state index in [4.69, 9.17) is 9.47 Å². The van der Waals surface area contributed by atoms with Crippen LogP contribution in [0, 0.1) is 5.92 Å². The molecule has 11 heteroatoms. The Morgan fingerprint density at radius 2 is 2.04 bits per heavy atom. The summed E-state index contributed by atoms with van der Waals surface area (Å²) in [5.74, 6) is -0.0466. The van der Waals surface area contributed by atoms with Gasteiger partial charge >= 0.3 is 0 Å². The van der Waals surface area contributed by atoms with Crippen LogP contribution in [0.5, 0.6) is 0 Å². The van der Waals surface area contributed by atoms with E-state index in [-0.39, 0.29) is 19.6 Å². The summed E-state index contributed by atoms with van der Waals surface area (Å²) < 4.78 is 13.0. The molecule has 4 rings (SSSR count). The average molecular weight is 395 g/mol. The van der Waals surface area contributed by atoms with Crippen molar-refractivity contribution < 1.29 is 29.9 Å². The third-order valence-electron chi connectivity index (χ3n) is 5.72. The maximum atomic E-state index is 11.3. The molecule has 0 radical (unpaired) electrons. The van der Waals surface area contributed by atoms with Crippen molar-refractivity contribution >= 4 is 17.0 Å². The topological polar surface area (TPSA) is 146 Å². The molecule has 154 valence electrons. The molecule has 2 saturated heterocycles. The molecule has 2 aromatic rings. The van der Waals surface area contributed by atoms with Crippen LogP contribution >= 0.6 is 0 Å². The highest BCUT2D eigenvalue weighted by Gasteiger charge is 2.58. The number of anilines is 1. The van der Waals surface area contributed by atoms with Crippen LogP contribution in [0.3, 0.4) is 0 Å². The Labute approximate surface area is 161 Å². The van der Waals surface area contributed by atoms with Gasteiger partial charge in [-0.25, -0.2) is 15.0 Å². The Morgan fingerprint density at radius 3 is 2.68 bits per heavy atom. The number of ether oxygens (including phenoxy) is 2. The summed E-state index contributed by atoms with van der Waals surface area (Å²) in [7, 11) is 3.71. The molecule has 2 unspecified atom stereocenters. The molecule has 2 aliphatic rings. The van der Waals surface area contributed by atoms with Crippen molar-refractivity contribution in [1.82, 2.24) is 19.5 Å². The van der Waals surface area contributed by atoms with E-state index in [9.17, 15) is 20.4 Å². The standard InChI is InChI=1S/C17H25N5O6/c1-21(2)15-13-16(19-7-18-15)22(8-20-13)12-3-17(26,11(5-24)28-12)9-6-27-10(4-23)14(9)25/h7-12,14,23-26H,3-6H2,1-2H3/t9?,10-,11-,12?,14+,17-/m1/s1. The highest BCUT2D eigenvalue weighted by Crippen LogP contribution is 2.45. The number of aliphatic hydroxyl groups is 4. The smallest absolute Gasteiger partial charge is 0.167 e. The molecule has 6 atom stereocenters. The summed E-state index contributed by atoms with van der Waals surface area (Å²) >= 11 is 0. The van der Waals surface area contributed by atoms with E-state index in [0.29, 0.717) is 17.0 Å². The molecule has 0 saturated carbocycles. The van der Waals surface area contributed by atoms with Crippen molar-refractivity contribution in [3.8, 4) is 0 Å². The Bertz CT molecular complexity index is 847. The molecule has 11 nitrogen and oxygen atoms in total. The maximum absolute atomic E-state index is 11.3. The number of aromatic nitrogens is 4. The second-order valence-corrected chi connectivity index (χ2v) is 7.52. The molecule has 0 aromatic carbocycles. The fraction of sp³-hybridized carbons (Fsp3) is 0.706. The second kappa shape index (κ2) is 7.17. The van der Waals surface area contributed by atoms with Crippen LogP contribution in [0.2, 0.25) is 0 Å². The molecule has 4 N–H and O–H groups in total. The van der Waals surface area contributed by atoms with E-state index >= 15 is 0 Å². The first-order valence-electron chi connectivity index (χ1n) is 9.14. The van der Waals surface area contributed by atoms with Gasteiger partial charge in [-0.2, -0.15) is 0 Å². The van der Waals surface area contributed by atoms with Crippen LogP contribution in [0.1, 0.15) is 12.6 Å². The number of nitrogens with zero attached hydrogens (tertiary/aromatic N) is 5. The van der Waals surface area contributed by atoms with Gasteiger partial charge in [0.2, 0.25) is 0 Å². The van der Waals surface area contributed by atoms with Gasteiger partial charge in [0.1, 0.15) is 30.4 Å². The average Bonchev–Trinajstić information content (AvgIpc) is 3.36. The van der Waals surface area contributed by atoms with Gasteiger partial charge in [-0.3, -0.25) is 4.57 Å². The lowest BCUT2D eigenvalue weighted by atomic mass is 9.78. The van der Waals surface area contributed by atoms with Crippen molar-refractivity contribution in [1.29, 1.82) is 0 Å². The van der Waals surface area contributed by atoms with E-state index in [1.165, 1.54) is 6.33 Å². The van der Waals surface area contributed by atoms with Gasteiger partial charge in [-0.05, 0) is 0 Å². The molecule has 0 bridgehead atoms. The zero-order valence-corrected chi connectivity index (χ0v) is 15.7. The maximum Gasteiger partial charge on any atom is 0.167 e. The number of aliphatic hydroxyl groups excluding tert-OH is 3. The zero-order chi connectivity index (χ0) is 20.1. The number of hydrogen-bond donors (Lipinski definition) is 4. The van der Waals surface area contributed by atoms with Crippen LogP contribution in [0.15, 0.2) is 12.7 Å². The second-order valence-electron chi connectivity index (χ2n) is 7.52. The third kappa shape index (κ3) is 2.86. The summed E-state index contributed by atoms with van der Waals surface area (Å²) in [6.45, 7) is -0.712. The predicted molar refractivity (Wildman–Crippen MR) is 96.5 cm³/mol. The predicted octanol–water partition coefficient (Wildman–Crippen LogP) is -1.73. The summed E-state index contributed by atoms with van der Waals surface area (Å²) in [5, 5.41) is 40.9. The highest BCUT2D eigenvalue weighted by molar-refractivity contribution is 5.83. The van der Waals surface area contributed by atoms with Gasteiger partial charge in [-0.15, -0.1) is 0 Å². The largest absolute Gasteiger partial charge is 0.394 e. The lowest BCUT2D eigenvalue weighted by molar-refractivity contribution is -0.122. The molecule has 4 heterocycles. The first kappa shape index (κ1) is 19.4. The summed E-state index contributed by atoms with van der Waals surface area (Å²) in [4.78, 5) is 14.7. The van der Waals surface area contributed by atoms with Gasteiger partial charge in [0.25, 0.3) is 0 Å². The number of hydrogen-bond acceptors (Lipinski definition) is 10. The molecular formula is C17H25N5O6. The van der Waals surface area contributed by atoms with Crippen molar-refractivity contribution in [2.75, 3.05) is 38.8 Å². The van der Waals surface area contributed by atoms with Gasteiger partial charge in [0.05, 0.1) is 32.3 Å². The number of rotatable bonds is 5. The molecule has 0 aliphatic carbocycles. The van der Waals surface area contributed by atoms with E-state index in [2.05, 4.69) is 15.0 Å². The van der Waals surface area contributed by atoms with Crippen LogP contribution < -0.4 is 4.90 Å². The fourth-order valence-corrected chi connectivity index (χ4v) is 4.18. The van der Waals surface area contributed by atoms with Crippen LogP contribution in [0.25, 0.3) is 11.2 Å².